The van der Waals surface area contributed by atoms with Gasteiger partial charge >= 0.3 is 0 Å². The number of hydrogen-bond donors (Lipinski definition) is 1. The zero-order valence-electron chi connectivity index (χ0n) is 15.5. The van der Waals surface area contributed by atoms with Gasteiger partial charge in [-0.2, -0.15) is 0 Å². The molecule has 0 spiro atoms. The van der Waals surface area contributed by atoms with Crippen LogP contribution < -0.4 is 5.32 Å². The van der Waals surface area contributed by atoms with Crippen molar-refractivity contribution in [3.05, 3.63) is 71.3 Å². The van der Waals surface area contributed by atoms with E-state index in [4.69, 9.17) is 0 Å². The minimum Gasteiger partial charge on any atom is -0.351 e. The predicted molar refractivity (Wildman–Crippen MR) is 110 cm³/mol. The SMILES string of the molecule is CC(SCc1ccccc1)C(=O)NCc1ccc(CN2CCCC2)cc1. The van der Waals surface area contributed by atoms with Crippen molar-refractivity contribution in [1.29, 1.82) is 0 Å². The van der Waals surface area contributed by atoms with Crippen molar-refractivity contribution >= 4 is 17.7 Å². The van der Waals surface area contributed by atoms with Gasteiger partial charge in [0.1, 0.15) is 0 Å². The molecule has 26 heavy (non-hydrogen) atoms. The third kappa shape index (κ3) is 5.89. The summed E-state index contributed by atoms with van der Waals surface area (Å²) in [6.45, 7) is 6.05. The number of hydrogen-bond acceptors (Lipinski definition) is 3. The summed E-state index contributed by atoms with van der Waals surface area (Å²) in [6.07, 6.45) is 2.65. The van der Waals surface area contributed by atoms with Crippen LogP contribution in [0.4, 0.5) is 0 Å². The molecule has 1 unspecified atom stereocenters. The van der Waals surface area contributed by atoms with Crippen LogP contribution in [0.5, 0.6) is 0 Å². The number of carbonyl (C=O) groups is 1. The van der Waals surface area contributed by atoms with Crippen molar-refractivity contribution < 1.29 is 4.79 Å². The lowest BCUT2D eigenvalue weighted by Gasteiger charge is -2.15. The van der Waals surface area contributed by atoms with Gasteiger partial charge in [0.15, 0.2) is 0 Å². The standard InChI is InChI=1S/C22H28N2OS/c1-18(26-17-21-7-3-2-4-8-21)22(25)23-15-19-9-11-20(12-10-19)16-24-13-5-6-14-24/h2-4,7-12,18H,5-6,13-17H2,1H3,(H,23,25). The van der Waals surface area contributed by atoms with E-state index in [2.05, 4.69) is 46.6 Å². The zero-order chi connectivity index (χ0) is 18.2. The van der Waals surface area contributed by atoms with Gasteiger partial charge in [0.2, 0.25) is 5.91 Å². The van der Waals surface area contributed by atoms with Crippen LogP contribution in [0.3, 0.4) is 0 Å². The molecule has 4 heteroatoms. The van der Waals surface area contributed by atoms with Crippen LogP contribution in [0.15, 0.2) is 54.6 Å². The fourth-order valence-corrected chi connectivity index (χ4v) is 4.04. The van der Waals surface area contributed by atoms with Crippen molar-refractivity contribution in [1.82, 2.24) is 10.2 Å². The highest BCUT2D eigenvalue weighted by atomic mass is 32.2. The molecule has 0 saturated carbocycles. The molecule has 1 atom stereocenters. The number of thioether (sulfide) groups is 1. The normalized spacial score (nSPS) is 15.7. The predicted octanol–water partition coefficient (Wildman–Crippen LogP) is 4.22. The molecule has 1 amide bonds. The molecule has 1 aliphatic rings. The Balaban J connectivity index is 1.40. The summed E-state index contributed by atoms with van der Waals surface area (Å²) in [7, 11) is 0. The Kier molecular flexibility index (Phi) is 7.15. The molecule has 0 aliphatic carbocycles. The summed E-state index contributed by atoms with van der Waals surface area (Å²) in [5.74, 6) is 0.966. The molecule has 1 fully saturated rings. The van der Waals surface area contributed by atoms with Crippen LogP contribution in [0, 0.1) is 0 Å². The molecule has 1 heterocycles. The van der Waals surface area contributed by atoms with Gasteiger partial charge in [-0.25, -0.2) is 0 Å². The molecule has 1 aliphatic heterocycles. The average molecular weight is 369 g/mol. The van der Waals surface area contributed by atoms with Crippen LogP contribution in [-0.2, 0) is 23.6 Å². The number of rotatable bonds is 8. The molecule has 0 aromatic heterocycles. The van der Waals surface area contributed by atoms with Gasteiger partial charge in [0.05, 0.1) is 5.25 Å². The first-order valence-corrected chi connectivity index (χ1v) is 10.5. The summed E-state index contributed by atoms with van der Waals surface area (Å²) in [5.41, 5.74) is 3.77. The number of nitrogens with zero attached hydrogens (tertiary/aromatic N) is 1. The van der Waals surface area contributed by atoms with Crippen LogP contribution in [0.25, 0.3) is 0 Å². The van der Waals surface area contributed by atoms with Gasteiger partial charge in [-0.1, -0.05) is 54.6 Å². The molecule has 3 rings (SSSR count). The highest BCUT2D eigenvalue weighted by Crippen LogP contribution is 2.18. The van der Waals surface area contributed by atoms with E-state index in [-0.39, 0.29) is 11.2 Å². The van der Waals surface area contributed by atoms with Crippen molar-refractivity contribution in [2.45, 2.75) is 43.9 Å². The van der Waals surface area contributed by atoms with E-state index in [1.54, 1.807) is 11.8 Å². The minimum absolute atomic E-state index is 0.0513. The van der Waals surface area contributed by atoms with Gasteiger partial charge in [0, 0.05) is 18.8 Å². The third-order valence-electron chi connectivity index (χ3n) is 4.81. The Bertz CT molecular complexity index is 681. The van der Waals surface area contributed by atoms with E-state index in [0.29, 0.717) is 6.54 Å². The largest absolute Gasteiger partial charge is 0.351 e. The summed E-state index contributed by atoms with van der Waals surface area (Å²) < 4.78 is 0. The van der Waals surface area contributed by atoms with Crippen LogP contribution in [-0.4, -0.2) is 29.1 Å². The van der Waals surface area contributed by atoms with Gasteiger partial charge in [-0.3, -0.25) is 9.69 Å². The highest BCUT2D eigenvalue weighted by molar-refractivity contribution is 7.99. The average Bonchev–Trinajstić information content (AvgIpc) is 3.19. The maximum absolute atomic E-state index is 12.3. The van der Waals surface area contributed by atoms with Gasteiger partial charge in [-0.15, -0.1) is 11.8 Å². The Morgan fingerprint density at radius 3 is 2.35 bits per heavy atom. The number of benzene rings is 2. The first kappa shape index (κ1) is 19.0. The second-order valence-electron chi connectivity index (χ2n) is 6.96. The van der Waals surface area contributed by atoms with Crippen molar-refractivity contribution in [3.63, 3.8) is 0 Å². The molecular formula is C22H28N2OS. The zero-order valence-corrected chi connectivity index (χ0v) is 16.3. The fraction of sp³-hybridized carbons (Fsp3) is 0.409. The maximum atomic E-state index is 12.3. The lowest BCUT2D eigenvalue weighted by atomic mass is 10.1. The summed E-state index contributed by atoms with van der Waals surface area (Å²) >= 11 is 1.68. The van der Waals surface area contributed by atoms with Crippen molar-refractivity contribution in [2.75, 3.05) is 13.1 Å². The molecule has 2 aromatic rings. The lowest BCUT2D eigenvalue weighted by molar-refractivity contribution is -0.120. The van der Waals surface area contributed by atoms with E-state index in [9.17, 15) is 4.79 Å². The first-order chi connectivity index (χ1) is 12.7. The molecule has 1 N–H and O–H groups in total. The number of carbonyl (C=O) groups excluding carboxylic acids is 1. The first-order valence-electron chi connectivity index (χ1n) is 9.44. The highest BCUT2D eigenvalue weighted by Gasteiger charge is 2.14. The fourth-order valence-electron chi connectivity index (χ4n) is 3.17. The Labute approximate surface area is 161 Å². The number of likely N-dealkylation sites (tertiary alicyclic amines) is 1. The minimum atomic E-state index is -0.0513. The molecule has 1 saturated heterocycles. The smallest absolute Gasteiger partial charge is 0.233 e. The number of nitrogens with one attached hydrogen (secondary N) is 1. The monoisotopic (exact) mass is 368 g/mol. The van der Waals surface area contributed by atoms with Gasteiger partial charge in [0.25, 0.3) is 0 Å². The molecule has 2 aromatic carbocycles. The van der Waals surface area contributed by atoms with E-state index < -0.39 is 0 Å². The summed E-state index contributed by atoms with van der Waals surface area (Å²) in [6, 6.07) is 18.9. The molecular weight excluding hydrogens is 340 g/mol. The molecule has 138 valence electrons. The molecule has 3 nitrogen and oxygen atoms in total. The Morgan fingerprint density at radius 2 is 1.65 bits per heavy atom. The topological polar surface area (TPSA) is 32.3 Å². The van der Waals surface area contributed by atoms with Gasteiger partial charge in [-0.05, 0) is 49.5 Å². The van der Waals surface area contributed by atoms with Crippen LogP contribution >= 0.6 is 11.8 Å². The Morgan fingerprint density at radius 1 is 1.00 bits per heavy atom. The van der Waals surface area contributed by atoms with Crippen molar-refractivity contribution in [2.24, 2.45) is 0 Å². The van der Waals surface area contributed by atoms with Gasteiger partial charge < -0.3 is 5.32 Å². The van der Waals surface area contributed by atoms with E-state index >= 15 is 0 Å². The summed E-state index contributed by atoms with van der Waals surface area (Å²) in [5, 5.41) is 3.01. The van der Waals surface area contributed by atoms with Crippen molar-refractivity contribution in [3.8, 4) is 0 Å². The molecule has 0 bridgehead atoms. The Hall–Kier alpha value is -1.78. The summed E-state index contributed by atoms with van der Waals surface area (Å²) in [4.78, 5) is 14.8. The quantitative estimate of drug-likeness (QED) is 0.757. The van der Waals surface area contributed by atoms with E-state index in [0.717, 1.165) is 17.9 Å². The second-order valence-corrected chi connectivity index (χ2v) is 8.29. The number of amides is 1. The second kappa shape index (κ2) is 9.79. The van der Waals surface area contributed by atoms with Crippen LogP contribution in [0.2, 0.25) is 0 Å². The van der Waals surface area contributed by atoms with E-state index in [1.807, 2.05) is 25.1 Å². The molecule has 0 radical (unpaired) electrons. The van der Waals surface area contributed by atoms with Crippen LogP contribution in [0.1, 0.15) is 36.5 Å². The third-order valence-corrected chi connectivity index (χ3v) is 6.02. The maximum Gasteiger partial charge on any atom is 0.233 e. The lowest BCUT2D eigenvalue weighted by Crippen LogP contribution is -2.30. The van der Waals surface area contributed by atoms with E-state index in [1.165, 1.54) is 37.1 Å².